The maximum absolute atomic E-state index is 13.5. The van der Waals surface area contributed by atoms with Gasteiger partial charge in [0.05, 0.1) is 5.56 Å². The molecule has 1 amide bonds. The van der Waals surface area contributed by atoms with Crippen LogP contribution in [-0.4, -0.2) is 23.9 Å². The summed E-state index contributed by atoms with van der Waals surface area (Å²) in [6, 6.07) is 4.63. The lowest BCUT2D eigenvalue weighted by atomic mass is 10.1. The van der Waals surface area contributed by atoms with E-state index < -0.39 is 5.82 Å². The van der Waals surface area contributed by atoms with Crippen LogP contribution in [0.5, 0.6) is 0 Å². The fraction of sp³-hybridized carbons (Fsp3) is 0.308. The standard InChI is InChI=1S/C13H14FNO/c1-10-5-6-12(14)11(9-10)13(16)15-7-3-2-4-8-15/h2-3,5-6,9H,4,7-8H2,1H3. The number of rotatable bonds is 1. The highest BCUT2D eigenvalue weighted by molar-refractivity contribution is 5.94. The van der Waals surface area contributed by atoms with E-state index in [0.29, 0.717) is 13.1 Å². The summed E-state index contributed by atoms with van der Waals surface area (Å²) in [7, 11) is 0. The predicted octanol–water partition coefficient (Wildman–Crippen LogP) is 2.54. The molecule has 16 heavy (non-hydrogen) atoms. The Morgan fingerprint density at radius 2 is 2.19 bits per heavy atom. The van der Waals surface area contributed by atoms with E-state index in [1.165, 1.54) is 6.07 Å². The smallest absolute Gasteiger partial charge is 0.257 e. The number of aryl methyl sites for hydroxylation is 1. The number of hydrogen-bond donors (Lipinski definition) is 0. The monoisotopic (exact) mass is 219 g/mol. The molecule has 1 aromatic rings. The zero-order valence-electron chi connectivity index (χ0n) is 9.24. The quantitative estimate of drug-likeness (QED) is 0.665. The number of carbonyl (C=O) groups is 1. The summed E-state index contributed by atoms with van der Waals surface area (Å²) in [4.78, 5) is 13.7. The van der Waals surface area contributed by atoms with Crippen molar-refractivity contribution in [1.29, 1.82) is 0 Å². The van der Waals surface area contributed by atoms with Gasteiger partial charge in [-0.25, -0.2) is 4.39 Å². The predicted molar refractivity (Wildman–Crippen MR) is 60.8 cm³/mol. The molecule has 2 rings (SSSR count). The van der Waals surface area contributed by atoms with Crippen LogP contribution in [0.2, 0.25) is 0 Å². The molecular weight excluding hydrogens is 205 g/mol. The summed E-state index contributed by atoms with van der Waals surface area (Å²) in [6.07, 6.45) is 4.82. The molecule has 0 saturated heterocycles. The van der Waals surface area contributed by atoms with Gasteiger partial charge in [-0.2, -0.15) is 0 Å². The molecule has 1 heterocycles. The fourth-order valence-electron chi connectivity index (χ4n) is 1.80. The van der Waals surface area contributed by atoms with Crippen molar-refractivity contribution in [2.24, 2.45) is 0 Å². The van der Waals surface area contributed by atoms with E-state index in [9.17, 15) is 9.18 Å². The normalized spacial score (nSPS) is 15.2. The molecule has 0 atom stereocenters. The number of halogens is 1. The van der Waals surface area contributed by atoms with E-state index in [2.05, 4.69) is 0 Å². The molecule has 1 aromatic carbocycles. The van der Waals surface area contributed by atoms with Crippen LogP contribution in [-0.2, 0) is 0 Å². The van der Waals surface area contributed by atoms with Gasteiger partial charge in [-0.15, -0.1) is 0 Å². The second kappa shape index (κ2) is 4.47. The van der Waals surface area contributed by atoms with E-state index in [-0.39, 0.29) is 11.5 Å². The van der Waals surface area contributed by atoms with Crippen LogP contribution < -0.4 is 0 Å². The summed E-state index contributed by atoms with van der Waals surface area (Å²) in [6.45, 7) is 3.10. The molecule has 84 valence electrons. The summed E-state index contributed by atoms with van der Waals surface area (Å²) in [5.74, 6) is -0.657. The highest BCUT2D eigenvalue weighted by Gasteiger charge is 2.19. The molecular formula is C13H14FNO. The van der Waals surface area contributed by atoms with Crippen LogP contribution >= 0.6 is 0 Å². The molecule has 1 aliphatic rings. The van der Waals surface area contributed by atoms with Crippen LogP contribution in [0.25, 0.3) is 0 Å². The summed E-state index contributed by atoms with van der Waals surface area (Å²) in [5, 5.41) is 0. The highest BCUT2D eigenvalue weighted by atomic mass is 19.1. The first kappa shape index (κ1) is 10.9. The number of amides is 1. The maximum atomic E-state index is 13.5. The van der Waals surface area contributed by atoms with Gasteiger partial charge < -0.3 is 4.90 Å². The summed E-state index contributed by atoms with van der Waals surface area (Å²) in [5.41, 5.74) is 1.08. The largest absolute Gasteiger partial charge is 0.335 e. The molecule has 0 bridgehead atoms. The van der Waals surface area contributed by atoms with Crippen molar-refractivity contribution >= 4 is 5.91 Å². The fourth-order valence-corrected chi connectivity index (χ4v) is 1.80. The Balaban J connectivity index is 2.26. The Bertz CT molecular complexity index is 440. The van der Waals surface area contributed by atoms with Gasteiger partial charge in [-0.05, 0) is 25.5 Å². The summed E-state index contributed by atoms with van der Waals surface area (Å²) < 4.78 is 13.5. The first-order chi connectivity index (χ1) is 7.68. The maximum Gasteiger partial charge on any atom is 0.257 e. The van der Waals surface area contributed by atoms with E-state index in [4.69, 9.17) is 0 Å². The van der Waals surface area contributed by atoms with Gasteiger partial charge in [0, 0.05) is 13.1 Å². The van der Waals surface area contributed by atoms with Crippen LogP contribution in [0.1, 0.15) is 22.3 Å². The number of nitrogens with zero attached hydrogens (tertiary/aromatic N) is 1. The SMILES string of the molecule is Cc1ccc(F)c(C(=O)N2CC=CCC2)c1. The Morgan fingerprint density at radius 3 is 2.88 bits per heavy atom. The third-order valence-electron chi connectivity index (χ3n) is 2.70. The number of hydrogen-bond acceptors (Lipinski definition) is 1. The Hall–Kier alpha value is -1.64. The zero-order chi connectivity index (χ0) is 11.5. The second-order valence-electron chi connectivity index (χ2n) is 3.99. The minimum absolute atomic E-state index is 0.176. The molecule has 3 heteroatoms. The summed E-state index contributed by atoms with van der Waals surface area (Å²) >= 11 is 0. The van der Waals surface area contributed by atoms with Crippen molar-refractivity contribution in [3.8, 4) is 0 Å². The first-order valence-electron chi connectivity index (χ1n) is 5.39. The third kappa shape index (κ3) is 2.13. The number of carbonyl (C=O) groups excluding carboxylic acids is 1. The Kier molecular flexibility index (Phi) is 3.04. The minimum atomic E-state index is -0.440. The molecule has 0 aromatic heterocycles. The Labute approximate surface area is 94.4 Å². The van der Waals surface area contributed by atoms with Gasteiger partial charge in [0.1, 0.15) is 5.82 Å². The van der Waals surface area contributed by atoms with Gasteiger partial charge in [0.2, 0.25) is 0 Å². The second-order valence-corrected chi connectivity index (χ2v) is 3.99. The van der Waals surface area contributed by atoms with E-state index in [0.717, 1.165) is 12.0 Å². The Morgan fingerprint density at radius 1 is 1.38 bits per heavy atom. The lowest BCUT2D eigenvalue weighted by Crippen LogP contribution is -2.34. The first-order valence-corrected chi connectivity index (χ1v) is 5.39. The van der Waals surface area contributed by atoms with Gasteiger partial charge in [0.15, 0.2) is 0 Å². The van der Waals surface area contributed by atoms with Crippen LogP contribution in [0.15, 0.2) is 30.4 Å². The zero-order valence-corrected chi connectivity index (χ0v) is 9.24. The van der Waals surface area contributed by atoms with Gasteiger partial charge in [-0.1, -0.05) is 23.8 Å². The molecule has 0 aliphatic carbocycles. The highest BCUT2D eigenvalue weighted by Crippen LogP contribution is 2.14. The molecule has 0 N–H and O–H groups in total. The van der Waals surface area contributed by atoms with Crippen LogP contribution in [0, 0.1) is 12.7 Å². The third-order valence-corrected chi connectivity index (χ3v) is 2.70. The molecule has 2 nitrogen and oxygen atoms in total. The lowest BCUT2D eigenvalue weighted by molar-refractivity contribution is 0.0766. The molecule has 0 spiro atoms. The number of benzene rings is 1. The molecule has 1 aliphatic heterocycles. The lowest BCUT2D eigenvalue weighted by Gasteiger charge is -2.23. The topological polar surface area (TPSA) is 20.3 Å². The minimum Gasteiger partial charge on any atom is -0.335 e. The van der Waals surface area contributed by atoms with Crippen molar-refractivity contribution < 1.29 is 9.18 Å². The van der Waals surface area contributed by atoms with Crippen molar-refractivity contribution in [1.82, 2.24) is 4.90 Å². The van der Waals surface area contributed by atoms with Gasteiger partial charge in [-0.3, -0.25) is 4.79 Å². The van der Waals surface area contributed by atoms with Crippen molar-refractivity contribution in [3.63, 3.8) is 0 Å². The molecule has 0 unspecified atom stereocenters. The van der Waals surface area contributed by atoms with E-state index in [1.807, 2.05) is 19.1 Å². The molecule has 0 radical (unpaired) electrons. The van der Waals surface area contributed by atoms with E-state index >= 15 is 0 Å². The van der Waals surface area contributed by atoms with Crippen molar-refractivity contribution in [2.45, 2.75) is 13.3 Å². The van der Waals surface area contributed by atoms with Crippen LogP contribution in [0.4, 0.5) is 4.39 Å². The average molecular weight is 219 g/mol. The average Bonchev–Trinajstić information content (AvgIpc) is 2.32. The van der Waals surface area contributed by atoms with Crippen molar-refractivity contribution in [2.75, 3.05) is 13.1 Å². The molecule has 0 saturated carbocycles. The van der Waals surface area contributed by atoms with Crippen molar-refractivity contribution in [3.05, 3.63) is 47.3 Å². The molecule has 0 fully saturated rings. The van der Waals surface area contributed by atoms with Gasteiger partial charge >= 0.3 is 0 Å². The van der Waals surface area contributed by atoms with Gasteiger partial charge in [0.25, 0.3) is 5.91 Å². The van der Waals surface area contributed by atoms with Crippen LogP contribution in [0.3, 0.4) is 0 Å². The van der Waals surface area contributed by atoms with E-state index in [1.54, 1.807) is 17.0 Å².